The molecule has 0 aliphatic carbocycles. The molecular formula is C20H19N3O5S2. The van der Waals surface area contributed by atoms with E-state index in [1.807, 2.05) is 31.2 Å². The van der Waals surface area contributed by atoms with Gasteiger partial charge in [-0.05, 0) is 32.0 Å². The second-order valence-electron chi connectivity index (χ2n) is 6.29. The first-order chi connectivity index (χ1) is 14.4. The quantitative estimate of drug-likeness (QED) is 0.238. The molecule has 1 amide bonds. The van der Waals surface area contributed by atoms with Gasteiger partial charge in [0.25, 0.3) is 11.6 Å². The summed E-state index contributed by atoms with van der Waals surface area (Å²) < 4.78 is 7.17. The largest absolute Gasteiger partial charge is 0.465 e. The van der Waals surface area contributed by atoms with E-state index >= 15 is 0 Å². The molecule has 10 heteroatoms. The number of thioether (sulfide) groups is 1. The minimum atomic E-state index is -0.508. The molecule has 8 nitrogen and oxygen atoms in total. The van der Waals surface area contributed by atoms with Gasteiger partial charge in [0.2, 0.25) is 0 Å². The van der Waals surface area contributed by atoms with Crippen molar-refractivity contribution in [3.63, 3.8) is 0 Å². The van der Waals surface area contributed by atoms with Crippen LogP contribution in [0.2, 0.25) is 0 Å². The summed E-state index contributed by atoms with van der Waals surface area (Å²) in [7, 11) is 0. The zero-order valence-corrected chi connectivity index (χ0v) is 18.0. The predicted octanol–water partition coefficient (Wildman–Crippen LogP) is 3.70. The van der Waals surface area contributed by atoms with Crippen molar-refractivity contribution in [3.05, 3.63) is 62.9 Å². The summed E-state index contributed by atoms with van der Waals surface area (Å²) >= 11 is 2.56. The molecule has 3 aromatic rings. The number of benzene rings is 2. The maximum Gasteiger partial charge on any atom is 0.326 e. The van der Waals surface area contributed by atoms with Gasteiger partial charge < -0.3 is 9.30 Å². The van der Waals surface area contributed by atoms with Crippen molar-refractivity contribution in [1.82, 2.24) is 4.57 Å². The molecule has 0 aliphatic heterocycles. The summed E-state index contributed by atoms with van der Waals surface area (Å²) in [5.41, 5.74) is 1.49. The number of aromatic nitrogens is 1. The third kappa shape index (κ3) is 5.33. The van der Waals surface area contributed by atoms with Gasteiger partial charge in [-0.15, -0.1) is 11.8 Å². The van der Waals surface area contributed by atoms with Gasteiger partial charge >= 0.3 is 5.97 Å². The van der Waals surface area contributed by atoms with Gasteiger partial charge in [0, 0.05) is 17.0 Å². The van der Waals surface area contributed by atoms with E-state index in [2.05, 4.69) is 4.99 Å². The predicted molar refractivity (Wildman–Crippen MR) is 116 cm³/mol. The zero-order chi connectivity index (χ0) is 21.7. The van der Waals surface area contributed by atoms with Crippen LogP contribution in [0, 0.1) is 17.0 Å². The van der Waals surface area contributed by atoms with Crippen molar-refractivity contribution < 1.29 is 19.2 Å². The number of esters is 1. The van der Waals surface area contributed by atoms with E-state index in [4.69, 9.17) is 4.74 Å². The molecule has 0 saturated carbocycles. The average molecular weight is 446 g/mol. The number of rotatable bonds is 7. The Morgan fingerprint density at radius 1 is 1.23 bits per heavy atom. The van der Waals surface area contributed by atoms with Gasteiger partial charge in [0.1, 0.15) is 6.54 Å². The van der Waals surface area contributed by atoms with Crippen LogP contribution in [-0.4, -0.2) is 33.7 Å². The van der Waals surface area contributed by atoms with Crippen LogP contribution in [0.5, 0.6) is 0 Å². The molecule has 0 N–H and O–H groups in total. The zero-order valence-electron chi connectivity index (χ0n) is 16.4. The molecule has 0 unspecified atom stereocenters. The third-order valence-corrected chi connectivity index (χ3v) is 6.13. The highest BCUT2D eigenvalue weighted by Gasteiger charge is 2.15. The Morgan fingerprint density at radius 3 is 2.63 bits per heavy atom. The number of nitro benzene ring substituents is 1. The Hall–Kier alpha value is -2.98. The first-order valence-corrected chi connectivity index (χ1v) is 10.9. The Balaban J connectivity index is 1.93. The van der Waals surface area contributed by atoms with Crippen LogP contribution >= 0.6 is 23.1 Å². The molecule has 0 bridgehead atoms. The lowest BCUT2D eigenvalue weighted by atomic mass is 10.2. The third-order valence-electron chi connectivity index (χ3n) is 4.07. The Labute approximate surface area is 180 Å². The highest BCUT2D eigenvalue weighted by molar-refractivity contribution is 8.00. The van der Waals surface area contributed by atoms with Crippen molar-refractivity contribution in [2.24, 2.45) is 4.99 Å². The first kappa shape index (κ1) is 21.7. The molecule has 1 aromatic heterocycles. The molecule has 0 saturated heterocycles. The number of thiazole rings is 1. The van der Waals surface area contributed by atoms with E-state index in [1.54, 1.807) is 13.0 Å². The Kier molecular flexibility index (Phi) is 7.01. The number of nitro groups is 1. The fourth-order valence-corrected chi connectivity index (χ4v) is 4.37. The summed E-state index contributed by atoms with van der Waals surface area (Å²) in [4.78, 5) is 40.5. The van der Waals surface area contributed by atoms with Crippen LogP contribution in [0.1, 0.15) is 12.5 Å². The molecule has 2 aromatic carbocycles. The van der Waals surface area contributed by atoms with E-state index < -0.39 is 10.9 Å². The van der Waals surface area contributed by atoms with E-state index in [1.165, 1.54) is 39.8 Å². The minimum Gasteiger partial charge on any atom is -0.465 e. The highest BCUT2D eigenvalue weighted by atomic mass is 32.2. The summed E-state index contributed by atoms with van der Waals surface area (Å²) in [6.45, 7) is 3.70. The molecule has 30 heavy (non-hydrogen) atoms. The maximum absolute atomic E-state index is 12.4. The van der Waals surface area contributed by atoms with Gasteiger partial charge in [0.05, 0.1) is 27.5 Å². The number of non-ortho nitro benzene ring substituents is 1. The Bertz CT molecular complexity index is 1170. The van der Waals surface area contributed by atoms with Crippen LogP contribution in [-0.2, 0) is 20.9 Å². The van der Waals surface area contributed by atoms with Crippen LogP contribution in [0.4, 0.5) is 5.69 Å². The molecule has 3 rings (SSSR count). The fourth-order valence-electron chi connectivity index (χ4n) is 2.66. The lowest BCUT2D eigenvalue weighted by Gasteiger charge is -2.05. The number of aryl methyl sites for hydroxylation is 1. The summed E-state index contributed by atoms with van der Waals surface area (Å²) in [5.74, 6) is -0.734. The minimum absolute atomic E-state index is 0.106. The summed E-state index contributed by atoms with van der Waals surface area (Å²) in [6, 6.07) is 12.2. The van der Waals surface area contributed by atoms with Crippen molar-refractivity contribution in [2.45, 2.75) is 25.3 Å². The smallest absolute Gasteiger partial charge is 0.326 e. The van der Waals surface area contributed by atoms with Gasteiger partial charge in [-0.2, -0.15) is 4.99 Å². The van der Waals surface area contributed by atoms with Crippen LogP contribution in [0.15, 0.2) is 52.4 Å². The van der Waals surface area contributed by atoms with E-state index in [9.17, 15) is 19.7 Å². The second kappa shape index (κ2) is 9.68. The molecular weight excluding hydrogens is 426 g/mol. The molecule has 0 fully saturated rings. The van der Waals surface area contributed by atoms with Crippen molar-refractivity contribution in [3.8, 4) is 0 Å². The van der Waals surface area contributed by atoms with Gasteiger partial charge in [0.15, 0.2) is 4.80 Å². The van der Waals surface area contributed by atoms with Crippen molar-refractivity contribution in [1.29, 1.82) is 0 Å². The molecule has 0 aliphatic rings. The van der Waals surface area contributed by atoms with Gasteiger partial charge in [-0.3, -0.25) is 19.7 Å². The summed E-state index contributed by atoms with van der Waals surface area (Å²) in [6.07, 6.45) is 0. The average Bonchev–Trinajstić information content (AvgIpc) is 3.04. The van der Waals surface area contributed by atoms with Crippen LogP contribution < -0.4 is 4.80 Å². The Morgan fingerprint density at radius 2 is 1.97 bits per heavy atom. The SMILES string of the molecule is CCOC(=O)Cn1c(=NC(=O)CSc2ccc(C)cc2)sc2ccc([N+](=O)[O-])cc21. The fraction of sp³-hybridized carbons (Fsp3) is 0.250. The number of carbonyl (C=O) groups excluding carboxylic acids is 2. The topological polar surface area (TPSA) is 104 Å². The van der Waals surface area contributed by atoms with Gasteiger partial charge in [-0.25, -0.2) is 0 Å². The van der Waals surface area contributed by atoms with Gasteiger partial charge in [-0.1, -0.05) is 29.0 Å². The molecule has 0 radical (unpaired) electrons. The standard InChI is InChI=1S/C20H19N3O5S2/c1-3-28-19(25)11-22-16-10-14(23(26)27)6-9-17(16)30-20(22)21-18(24)12-29-15-7-4-13(2)5-8-15/h4-10H,3,11-12H2,1-2H3. The number of hydrogen-bond donors (Lipinski definition) is 0. The van der Waals surface area contributed by atoms with Crippen molar-refractivity contribution >= 4 is 50.9 Å². The van der Waals surface area contributed by atoms with E-state index in [0.717, 1.165) is 10.5 Å². The lowest BCUT2D eigenvalue weighted by Crippen LogP contribution is -2.23. The van der Waals surface area contributed by atoms with Crippen LogP contribution in [0.3, 0.4) is 0 Å². The maximum atomic E-state index is 12.4. The molecule has 156 valence electrons. The van der Waals surface area contributed by atoms with Crippen molar-refractivity contribution in [2.75, 3.05) is 12.4 Å². The monoisotopic (exact) mass is 445 g/mol. The molecule has 1 heterocycles. The summed E-state index contributed by atoms with van der Waals surface area (Å²) in [5, 5.41) is 11.1. The van der Waals surface area contributed by atoms with Crippen LogP contribution in [0.25, 0.3) is 10.2 Å². The number of fused-ring (bicyclic) bond motifs is 1. The second-order valence-corrected chi connectivity index (χ2v) is 8.35. The van der Waals surface area contributed by atoms with E-state index in [0.29, 0.717) is 15.0 Å². The molecule has 0 spiro atoms. The lowest BCUT2D eigenvalue weighted by molar-refractivity contribution is -0.384. The number of carbonyl (C=O) groups is 2. The normalized spacial score (nSPS) is 11.6. The number of ether oxygens (including phenoxy) is 1. The number of amides is 1. The number of hydrogen-bond acceptors (Lipinski definition) is 7. The highest BCUT2D eigenvalue weighted by Crippen LogP contribution is 2.23. The van der Waals surface area contributed by atoms with E-state index in [-0.39, 0.29) is 30.5 Å². The first-order valence-electron chi connectivity index (χ1n) is 9.08. The molecule has 0 atom stereocenters. The number of nitrogens with zero attached hydrogens (tertiary/aromatic N) is 3.